The van der Waals surface area contributed by atoms with Crippen LogP contribution in [-0.2, 0) is 6.42 Å². The van der Waals surface area contributed by atoms with Crippen LogP contribution < -0.4 is 10.1 Å². The topological polar surface area (TPSA) is 21.3 Å². The van der Waals surface area contributed by atoms with Gasteiger partial charge < -0.3 is 10.1 Å². The molecule has 1 heterocycles. The van der Waals surface area contributed by atoms with Gasteiger partial charge >= 0.3 is 0 Å². The average Bonchev–Trinajstić information content (AvgIpc) is 2.56. The summed E-state index contributed by atoms with van der Waals surface area (Å²) < 4.78 is 5.22. The lowest BCUT2D eigenvalue weighted by atomic mass is 9.85. The third kappa shape index (κ3) is 3.82. The van der Waals surface area contributed by atoms with Gasteiger partial charge in [0.05, 0.1) is 7.11 Å². The van der Waals surface area contributed by atoms with Crippen LogP contribution in [0.3, 0.4) is 0 Å². The molecule has 0 radical (unpaired) electrons. The summed E-state index contributed by atoms with van der Waals surface area (Å²) in [5.41, 5.74) is 2.68. The predicted molar refractivity (Wildman–Crippen MR) is 91.6 cm³/mol. The Bertz CT molecular complexity index is 611. The second-order valence-electron chi connectivity index (χ2n) is 6.00. The second kappa shape index (κ2) is 7.17. The van der Waals surface area contributed by atoms with Crippen molar-refractivity contribution >= 4 is 11.6 Å². The molecule has 3 rings (SSSR count). The summed E-state index contributed by atoms with van der Waals surface area (Å²) in [7, 11) is 1.71. The summed E-state index contributed by atoms with van der Waals surface area (Å²) in [5.74, 6) is 1.63. The van der Waals surface area contributed by atoms with Crippen LogP contribution in [0, 0.1) is 5.92 Å². The molecule has 3 heteroatoms. The Morgan fingerprint density at radius 3 is 2.73 bits per heavy atom. The van der Waals surface area contributed by atoms with Gasteiger partial charge in [-0.3, -0.25) is 0 Å². The molecule has 2 aromatic rings. The Balaban J connectivity index is 1.65. The smallest absolute Gasteiger partial charge is 0.118 e. The quantitative estimate of drug-likeness (QED) is 0.888. The lowest BCUT2D eigenvalue weighted by Gasteiger charge is -2.31. The maximum atomic E-state index is 6.12. The molecular weight excluding hydrogens is 294 g/mol. The zero-order valence-electron chi connectivity index (χ0n) is 12.9. The molecule has 116 valence electrons. The lowest BCUT2D eigenvalue weighted by molar-refractivity contribution is 0.304. The predicted octanol–water partition coefficient (Wildman–Crippen LogP) is 4.63. The zero-order valence-corrected chi connectivity index (χ0v) is 13.6. The molecule has 2 nitrogen and oxygen atoms in total. The lowest BCUT2D eigenvalue weighted by Crippen LogP contribution is -2.32. The molecule has 2 aromatic carbocycles. The third-order valence-corrected chi connectivity index (χ3v) is 4.68. The molecule has 0 amide bonds. The zero-order chi connectivity index (χ0) is 15.4. The van der Waals surface area contributed by atoms with Crippen molar-refractivity contribution < 1.29 is 4.74 Å². The van der Waals surface area contributed by atoms with Crippen LogP contribution in [0.15, 0.2) is 48.5 Å². The second-order valence-corrected chi connectivity index (χ2v) is 6.44. The SMILES string of the molecule is COc1ccc(CC2CCNC(c3cccc(Cl)c3)C2)cc1. The third-order valence-electron chi connectivity index (χ3n) is 4.45. The first kappa shape index (κ1) is 15.4. The number of ether oxygens (including phenoxy) is 1. The van der Waals surface area contributed by atoms with Crippen LogP contribution in [0.25, 0.3) is 0 Å². The first-order valence-electron chi connectivity index (χ1n) is 7.86. The summed E-state index contributed by atoms with van der Waals surface area (Å²) in [5, 5.41) is 4.43. The Morgan fingerprint density at radius 2 is 2.00 bits per heavy atom. The van der Waals surface area contributed by atoms with Crippen molar-refractivity contribution in [1.82, 2.24) is 5.32 Å². The van der Waals surface area contributed by atoms with E-state index in [9.17, 15) is 0 Å². The Labute approximate surface area is 137 Å². The molecule has 0 aliphatic carbocycles. The molecule has 2 atom stereocenters. The fourth-order valence-corrected chi connectivity index (χ4v) is 3.45. The van der Waals surface area contributed by atoms with E-state index in [1.54, 1.807) is 7.11 Å². The monoisotopic (exact) mass is 315 g/mol. The van der Waals surface area contributed by atoms with Gasteiger partial charge in [-0.05, 0) is 67.1 Å². The highest BCUT2D eigenvalue weighted by molar-refractivity contribution is 6.30. The van der Waals surface area contributed by atoms with Gasteiger partial charge in [0.1, 0.15) is 5.75 Å². The van der Waals surface area contributed by atoms with Gasteiger partial charge in [0.2, 0.25) is 0 Å². The minimum Gasteiger partial charge on any atom is -0.497 e. The molecule has 2 unspecified atom stereocenters. The Hall–Kier alpha value is -1.51. The van der Waals surface area contributed by atoms with Crippen molar-refractivity contribution in [3.63, 3.8) is 0 Å². The first-order valence-corrected chi connectivity index (χ1v) is 8.24. The molecule has 1 fully saturated rings. The van der Waals surface area contributed by atoms with E-state index in [2.05, 4.69) is 29.6 Å². The van der Waals surface area contributed by atoms with Crippen LogP contribution in [0.4, 0.5) is 0 Å². The molecule has 0 spiro atoms. The van der Waals surface area contributed by atoms with Crippen molar-refractivity contribution in [1.29, 1.82) is 0 Å². The maximum Gasteiger partial charge on any atom is 0.118 e. The van der Waals surface area contributed by atoms with Gasteiger partial charge in [-0.25, -0.2) is 0 Å². The Kier molecular flexibility index (Phi) is 5.01. The summed E-state index contributed by atoms with van der Waals surface area (Å²) >= 11 is 6.12. The van der Waals surface area contributed by atoms with Crippen LogP contribution in [0.1, 0.15) is 30.0 Å². The van der Waals surface area contributed by atoms with E-state index in [-0.39, 0.29) is 0 Å². The standard InChI is InChI=1S/C19H22ClNO/c1-22-18-7-5-14(6-8-18)11-15-9-10-21-19(12-15)16-3-2-4-17(20)13-16/h2-8,13,15,19,21H,9-12H2,1H3. The van der Waals surface area contributed by atoms with Crippen molar-refractivity contribution in [2.75, 3.05) is 13.7 Å². The van der Waals surface area contributed by atoms with E-state index >= 15 is 0 Å². The minimum absolute atomic E-state index is 0.413. The molecule has 1 saturated heterocycles. The van der Waals surface area contributed by atoms with Crippen LogP contribution >= 0.6 is 11.6 Å². The molecular formula is C19H22ClNO. The van der Waals surface area contributed by atoms with Gasteiger partial charge in [0, 0.05) is 11.1 Å². The number of halogens is 1. The van der Waals surface area contributed by atoms with E-state index in [0.29, 0.717) is 12.0 Å². The maximum absolute atomic E-state index is 6.12. The average molecular weight is 316 g/mol. The van der Waals surface area contributed by atoms with Crippen LogP contribution in [0.5, 0.6) is 5.75 Å². The summed E-state index contributed by atoms with van der Waals surface area (Å²) in [6, 6.07) is 17.1. The molecule has 0 aromatic heterocycles. The largest absolute Gasteiger partial charge is 0.497 e. The number of piperidine rings is 1. The van der Waals surface area contributed by atoms with Crippen LogP contribution in [-0.4, -0.2) is 13.7 Å². The van der Waals surface area contributed by atoms with Gasteiger partial charge in [-0.2, -0.15) is 0 Å². The first-order chi connectivity index (χ1) is 10.7. The number of hydrogen-bond acceptors (Lipinski definition) is 2. The highest BCUT2D eigenvalue weighted by atomic mass is 35.5. The van der Waals surface area contributed by atoms with Crippen molar-refractivity contribution in [2.45, 2.75) is 25.3 Å². The summed E-state index contributed by atoms with van der Waals surface area (Å²) in [6.45, 7) is 1.07. The normalized spacial score (nSPS) is 21.5. The molecule has 1 N–H and O–H groups in total. The minimum atomic E-state index is 0.413. The Morgan fingerprint density at radius 1 is 1.18 bits per heavy atom. The van der Waals surface area contributed by atoms with E-state index in [0.717, 1.165) is 30.2 Å². The number of nitrogens with one attached hydrogen (secondary N) is 1. The fourth-order valence-electron chi connectivity index (χ4n) is 3.25. The highest BCUT2D eigenvalue weighted by Crippen LogP contribution is 2.30. The van der Waals surface area contributed by atoms with Gasteiger partial charge in [-0.1, -0.05) is 35.9 Å². The molecule has 0 bridgehead atoms. The molecule has 1 aliphatic rings. The molecule has 22 heavy (non-hydrogen) atoms. The van der Waals surface area contributed by atoms with Crippen molar-refractivity contribution in [3.8, 4) is 5.75 Å². The van der Waals surface area contributed by atoms with Crippen molar-refractivity contribution in [2.24, 2.45) is 5.92 Å². The number of methoxy groups -OCH3 is 1. The summed E-state index contributed by atoms with van der Waals surface area (Å²) in [4.78, 5) is 0. The number of benzene rings is 2. The fraction of sp³-hybridized carbons (Fsp3) is 0.368. The van der Waals surface area contributed by atoms with Crippen molar-refractivity contribution in [3.05, 3.63) is 64.7 Å². The summed E-state index contributed by atoms with van der Waals surface area (Å²) in [6.07, 6.45) is 3.51. The van der Waals surface area contributed by atoms with Gasteiger partial charge in [-0.15, -0.1) is 0 Å². The van der Waals surface area contributed by atoms with Gasteiger partial charge in [0.25, 0.3) is 0 Å². The van der Waals surface area contributed by atoms with E-state index in [1.165, 1.54) is 17.5 Å². The van der Waals surface area contributed by atoms with Gasteiger partial charge in [0.15, 0.2) is 0 Å². The van der Waals surface area contributed by atoms with E-state index < -0.39 is 0 Å². The highest BCUT2D eigenvalue weighted by Gasteiger charge is 2.23. The number of rotatable bonds is 4. The van der Waals surface area contributed by atoms with E-state index in [1.807, 2.05) is 24.3 Å². The molecule has 1 aliphatic heterocycles. The number of hydrogen-bond donors (Lipinski definition) is 1. The van der Waals surface area contributed by atoms with Crippen LogP contribution in [0.2, 0.25) is 5.02 Å². The van der Waals surface area contributed by atoms with E-state index in [4.69, 9.17) is 16.3 Å². The molecule has 0 saturated carbocycles.